The molecule has 1 saturated heterocycles. The summed E-state index contributed by atoms with van der Waals surface area (Å²) in [6, 6.07) is 7.04. The third-order valence-electron chi connectivity index (χ3n) is 3.44. The van der Waals surface area contributed by atoms with Gasteiger partial charge in [0.25, 0.3) is 0 Å². The molecule has 0 bridgehead atoms. The smallest absolute Gasteiger partial charge is 0.314 e. The summed E-state index contributed by atoms with van der Waals surface area (Å²) in [6.07, 6.45) is 0. The Labute approximate surface area is 146 Å². The fourth-order valence-corrected chi connectivity index (χ4v) is 2.49. The minimum atomic E-state index is -2.55. The van der Waals surface area contributed by atoms with Crippen molar-refractivity contribution in [3.63, 3.8) is 0 Å². The van der Waals surface area contributed by atoms with Gasteiger partial charge in [0.2, 0.25) is 0 Å². The van der Waals surface area contributed by atoms with Crippen molar-refractivity contribution in [2.45, 2.75) is 13.1 Å². The van der Waals surface area contributed by atoms with Crippen LogP contribution in [0.15, 0.2) is 24.3 Å². The molecule has 2 aromatic rings. The highest BCUT2D eigenvalue weighted by atomic mass is 35.5. The van der Waals surface area contributed by atoms with Crippen molar-refractivity contribution in [2.75, 3.05) is 26.2 Å². The van der Waals surface area contributed by atoms with Gasteiger partial charge in [-0.3, -0.25) is 9.47 Å². The van der Waals surface area contributed by atoms with Gasteiger partial charge < -0.3 is 5.32 Å². The van der Waals surface area contributed by atoms with Crippen LogP contribution in [0.2, 0.25) is 0 Å². The molecule has 126 valence electrons. The number of para-hydroxylation sites is 2. The van der Waals surface area contributed by atoms with Gasteiger partial charge in [0.1, 0.15) is 5.82 Å². The Balaban J connectivity index is 0.00000147. The second-order valence-corrected chi connectivity index (χ2v) is 4.69. The Morgan fingerprint density at radius 1 is 1.09 bits per heavy atom. The van der Waals surface area contributed by atoms with Crippen molar-refractivity contribution in [2.24, 2.45) is 0 Å². The lowest BCUT2D eigenvalue weighted by atomic mass is 10.3. The summed E-state index contributed by atoms with van der Waals surface area (Å²) in [4.78, 5) is 6.50. The molecule has 0 spiro atoms. The van der Waals surface area contributed by atoms with E-state index >= 15 is 0 Å². The van der Waals surface area contributed by atoms with Crippen molar-refractivity contribution >= 4 is 48.3 Å². The van der Waals surface area contributed by atoms with E-state index in [0.717, 1.165) is 30.7 Å². The van der Waals surface area contributed by atoms with Crippen LogP contribution in [0.5, 0.6) is 0 Å². The van der Waals surface area contributed by atoms with E-state index in [-0.39, 0.29) is 37.2 Å². The van der Waals surface area contributed by atoms with Gasteiger partial charge in [0, 0.05) is 26.2 Å². The molecule has 4 nitrogen and oxygen atoms in total. The minimum absolute atomic E-state index is 0. The SMILES string of the molecule is Cl.Cl.Cl.FC(F)n1c(CN2CCNCC2)nc2ccccc21. The fraction of sp³-hybridized carbons (Fsp3) is 0.462. The summed E-state index contributed by atoms with van der Waals surface area (Å²) in [7, 11) is 0. The molecule has 1 aliphatic rings. The lowest BCUT2D eigenvalue weighted by Crippen LogP contribution is -2.43. The average Bonchev–Trinajstić information content (AvgIpc) is 2.77. The van der Waals surface area contributed by atoms with Gasteiger partial charge in [-0.1, -0.05) is 12.1 Å². The molecule has 1 aliphatic heterocycles. The molecule has 0 atom stereocenters. The number of rotatable bonds is 3. The van der Waals surface area contributed by atoms with Gasteiger partial charge in [0.05, 0.1) is 17.6 Å². The lowest BCUT2D eigenvalue weighted by molar-refractivity contribution is 0.0679. The Bertz CT molecular complexity index is 573. The van der Waals surface area contributed by atoms with Crippen molar-refractivity contribution in [1.29, 1.82) is 0 Å². The summed E-state index contributed by atoms with van der Waals surface area (Å²) in [6.45, 7) is 1.45. The highest BCUT2D eigenvalue weighted by Gasteiger charge is 2.20. The molecule has 1 fully saturated rings. The quantitative estimate of drug-likeness (QED) is 0.895. The highest BCUT2D eigenvalue weighted by Crippen LogP contribution is 2.23. The number of nitrogens with one attached hydrogen (secondary N) is 1. The Morgan fingerprint density at radius 3 is 2.36 bits per heavy atom. The van der Waals surface area contributed by atoms with Crippen molar-refractivity contribution in [3.05, 3.63) is 30.1 Å². The molecule has 0 amide bonds. The molecule has 0 radical (unpaired) electrons. The standard InChI is InChI=1S/C13H16F2N4.3ClH/c14-13(15)19-11-4-2-1-3-10(11)17-12(19)9-18-7-5-16-6-8-18;;;/h1-4,13,16H,5-9H2;3*1H. The molecule has 0 saturated carbocycles. The van der Waals surface area contributed by atoms with E-state index in [1.54, 1.807) is 18.2 Å². The van der Waals surface area contributed by atoms with Gasteiger partial charge in [-0.25, -0.2) is 4.98 Å². The molecule has 0 aliphatic carbocycles. The van der Waals surface area contributed by atoms with E-state index in [9.17, 15) is 8.78 Å². The summed E-state index contributed by atoms with van der Waals surface area (Å²) < 4.78 is 27.5. The van der Waals surface area contributed by atoms with Crippen LogP contribution in [0, 0.1) is 0 Å². The number of piperazine rings is 1. The Morgan fingerprint density at radius 2 is 1.73 bits per heavy atom. The summed E-state index contributed by atoms with van der Waals surface area (Å²) in [5, 5.41) is 3.25. The number of hydrogen-bond acceptors (Lipinski definition) is 3. The number of imidazole rings is 1. The first-order chi connectivity index (χ1) is 9.25. The van der Waals surface area contributed by atoms with E-state index in [2.05, 4.69) is 15.2 Å². The van der Waals surface area contributed by atoms with Crippen LogP contribution in [-0.2, 0) is 6.54 Å². The second-order valence-electron chi connectivity index (χ2n) is 4.69. The van der Waals surface area contributed by atoms with E-state index in [1.165, 1.54) is 0 Å². The average molecular weight is 376 g/mol. The van der Waals surface area contributed by atoms with Crippen molar-refractivity contribution in [3.8, 4) is 0 Å². The number of alkyl halides is 2. The normalized spacial score (nSPS) is 15.0. The van der Waals surface area contributed by atoms with Crippen LogP contribution < -0.4 is 5.32 Å². The maximum absolute atomic E-state index is 13.2. The van der Waals surface area contributed by atoms with Crippen LogP contribution in [0.25, 0.3) is 11.0 Å². The molecule has 9 heteroatoms. The fourth-order valence-electron chi connectivity index (χ4n) is 2.49. The zero-order valence-corrected chi connectivity index (χ0v) is 14.2. The Hall–Kier alpha value is -0.660. The number of nitrogens with zero attached hydrogens (tertiary/aromatic N) is 3. The van der Waals surface area contributed by atoms with E-state index in [0.29, 0.717) is 23.4 Å². The van der Waals surface area contributed by atoms with Crippen LogP contribution >= 0.6 is 37.2 Å². The van der Waals surface area contributed by atoms with Gasteiger partial charge in [0.15, 0.2) is 0 Å². The van der Waals surface area contributed by atoms with Crippen LogP contribution in [0.1, 0.15) is 12.4 Å². The Kier molecular flexibility index (Phi) is 9.19. The maximum atomic E-state index is 13.2. The minimum Gasteiger partial charge on any atom is -0.314 e. The van der Waals surface area contributed by atoms with Crippen molar-refractivity contribution in [1.82, 2.24) is 19.8 Å². The monoisotopic (exact) mass is 374 g/mol. The third-order valence-corrected chi connectivity index (χ3v) is 3.44. The van der Waals surface area contributed by atoms with E-state index < -0.39 is 6.55 Å². The van der Waals surface area contributed by atoms with Crippen molar-refractivity contribution < 1.29 is 8.78 Å². The third kappa shape index (κ3) is 4.43. The predicted molar refractivity (Wildman–Crippen MR) is 90.9 cm³/mol. The molecular formula is C13H19Cl3F2N4. The largest absolute Gasteiger partial charge is 0.320 e. The number of fused-ring (bicyclic) bond motifs is 1. The zero-order valence-electron chi connectivity index (χ0n) is 11.7. The molecule has 1 aromatic heterocycles. The molecule has 3 rings (SSSR count). The first kappa shape index (κ1) is 21.3. The summed E-state index contributed by atoms with van der Waals surface area (Å²) in [5.41, 5.74) is 1.13. The highest BCUT2D eigenvalue weighted by molar-refractivity contribution is 5.86. The van der Waals surface area contributed by atoms with Gasteiger partial charge in [-0.05, 0) is 12.1 Å². The summed E-state index contributed by atoms with van der Waals surface area (Å²) >= 11 is 0. The molecule has 2 heterocycles. The van der Waals surface area contributed by atoms with Crippen LogP contribution in [0.3, 0.4) is 0 Å². The summed E-state index contributed by atoms with van der Waals surface area (Å²) in [5.74, 6) is 0.443. The molecule has 1 N–H and O–H groups in total. The number of halogens is 5. The predicted octanol–water partition coefficient (Wildman–Crippen LogP) is 3.10. The maximum Gasteiger partial charge on any atom is 0.320 e. The number of aromatic nitrogens is 2. The second kappa shape index (κ2) is 9.47. The first-order valence-electron chi connectivity index (χ1n) is 6.43. The number of hydrogen-bond donors (Lipinski definition) is 1. The topological polar surface area (TPSA) is 33.1 Å². The first-order valence-corrected chi connectivity index (χ1v) is 6.43. The zero-order chi connectivity index (χ0) is 13.2. The van der Waals surface area contributed by atoms with Gasteiger partial charge in [-0.15, -0.1) is 37.2 Å². The lowest BCUT2D eigenvalue weighted by Gasteiger charge is -2.26. The number of benzene rings is 1. The van der Waals surface area contributed by atoms with Gasteiger partial charge in [-0.2, -0.15) is 8.78 Å². The van der Waals surface area contributed by atoms with E-state index in [1.807, 2.05) is 6.07 Å². The van der Waals surface area contributed by atoms with Gasteiger partial charge >= 0.3 is 6.55 Å². The van der Waals surface area contributed by atoms with E-state index in [4.69, 9.17) is 0 Å². The molecular weight excluding hydrogens is 357 g/mol. The molecule has 1 aromatic carbocycles. The molecule has 22 heavy (non-hydrogen) atoms. The van der Waals surface area contributed by atoms with Crippen LogP contribution in [-0.4, -0.2) is 40.6 Å². The van der Waals surface area contributed by atoms with Crippen LogP contribution in [0.4, 0.5) is 8.78 Å². The molecule has 0 unspecified atom stereocenters.